The number of carboxylic acid groups (broad SMARTS) is 1. The highest BCUT2D eigenvalue weighted by Gasteiger charge is 2.41. The van der Waals surface area contributed by atoms with Gasteiger partial charge in [-0.3, -0.25) is 14.5 Å². The van der Waals surface area contributed by atoms with Crippen molar-refractivity contribution < 1.29 is 19.5 Å². The van der Waals surface area contributed by atoms with E-state index < -0.39 is 18.4 Å². The van der Waals surface area contributed by atoms with Gasteiger partial charge in [-0.25, -0.2) is 0 Å². The van der Waals surface area contributed by atoms with Crippen molar-refractivity contribution in [2.24, 2.45) is 0 Å². The van der Waals surface area contributed by atoms with Crippen LogP contribution >= 0.6 is 0 Å². The molecule has 2 atom stereocenters. The van der Waals surface area contributed by atoms with Crippen LogP contribution in [0.15, 0.2) is 90.1 Å². The molecule has 0 spiro atoms. The fraction of sp³-hybridized carbons (Fsp3) is 0.258. The van der Waals surface area contributed by atoms with Gasteiger partial charge in [0.05, 0.1) is 17.4 Å². The van der Waals surface area contributed by atoms with Crippen LogP contribution in [0, 0.1) is 0 Å². The Hall–Kier alpha value is -4.39. The van der Waals surface area contributed by atoms with Crippen LogP contribution in [0.25, 0.3) is 0 Å². The number of nitrogens with zero attached hydrogens (tertiary/aromatic N) is 2. The Morgan fingerprint density at radius 1 is 0.895 bits per heavy atom. The van der Waals surface area contributed by atoms with Crippen molar-refractivity contribution >= 4 is 34.7 Å². The molecule has 0 saturated heterocycles. The SMILES string of the molecule is CN(C)c1ccc([C@@H]2CC(=O)C3=C(C2)Nc2ccccc2N(C(=O)CCC(=O)[O-])[C@H]3c2ccccc2)cc1. The van der Waals surface area contributed by atoms with Crippen LogP contribution in [0.2, 0.25) is 0 Å². The average molecular weight is 509 g/mol. The van der Waals surface area contributed by atoms with Crippen LogP contribution in [0.5, 0.6) is 0 Å². The summed E-state index contributed by atoms with van der Waals surface area (Å²) in [4.78, 5) is 42.4. The van der Waals surface area contributed by atoms with E-state index in [-0.39, 0.29) is 24.0 Å². The number of hydrogen-bond acceptors (Lipinski definition) is 6. The first-order valence-electron chi connectivity index (χ1n) is 12.8. The van der Waals surface area contributed by atoms with E-state index in [1.165, 1.54) is 0 Å². The molecule has 3 aromatic rings. The Kier molecular flexibility index (Phi) is 7.01. The Morgan fingerprint density at radius 3 is 2.26 bits per heavy atom. The maximum absolute atomic E-state index is 14.0. The molecular formula is C31H30N3O4-. The number of anilines is 3. The fourth-order valence-electron chi connectivity index (χ4n) is 5.43. The Labute approximate surface area is 222 Å². The second-order valence-corrected chi connectivity index (χ2v) is 10.00. The smallest absolute Gasteiger partial charge is 0.228 e. The lowest BCUT2D eigenvalue weighted by Gasteiger charge is -2.35. The van der Waals surface area contributed by atoms with E-state index in [0.29, 0.717) is 29.8 Å². The molecular weight excluding hydrogens is 478 g/mol. The quantitative estimate of drug-likeness (QED) is 0.537. The molecule has 1 N–H and O–H groups in total. The predicted molar refractivity (Wildman–Crippen MR) is 146 cm³/mol. The molecule has 38 heavy (non-hydrogen) atoms. The minimum atomic E-state index is -1.28. The molecule has 0 fully saturated rings. The summed E-state index contributed by atoms with van der Waals surface area (Å²) in [6.07, 6.45) is 0.318. The molecule has 2 aliphatic rings. The molecule has 1 aliphatic heterocycles. The van der Waals surface area contributed by atoms with E-state index in [9.17, 15) is 19.5 Å². The van der Waals surface area contributed by atoms with Gasteiger partial charge in [-0.15, -0.1) is 0 Å². The molecule has 7 nitrogen and oxygen atoms in total. The van der Waals surface area contributed by atoms with Crippen molar-refractivity contribution in [2.45, 2.75) is 37.6 Å². The van der Waals surface area contributed by atoms with Crippen LogP contribution in [0.4, 0.5) is 17.1 Å². The van der Waals surface area contributed by atoms with E-state index in [4.69, 9.17) is 0 Å². The van der Waals surface area contributed by atoms with Crippen molar-refractivity contribution in [3.05, 3.63) is 101 Å². The standard InChI is InChI=1S/C31H31N3O4/c1-33(2)23-14-12-20(13-15-23)22-18-25-30(27(35)19-22)31(21-8-4-3-5-9-21)34(28(36)16-17-29(37)38)26-11-7-6-10-24(26)32-25/h3-15,22,31-32H,16-19H2,1-2H3,(H,37,38)/p-1/t22-,31-/m0/s1. The summed E-state index contributed by atoms with van der Waals surface area (Å²) in [5.74, 6) is -1.69. The molecule has 5 rings (SSSR count). The number of aliphatic carboxylic acids is 1. The Balaban J connectivity index is 1.62. The Bertz CT molecular complexity index is 1400. The molecule has 0 aromatic heterocycles. The summed E-state index contributed by atoms with van der Waals surface area (Å²) < 4.78 is 0. The van der Waals surface area contributed by atoms with Gasteiger partial charge in [-0.2, -0.15) is 0 Å². The molecule has 0 bridgehead atoms. The van der Waals surface area contributed by atoms with Gasteiger partial charge in [-0.05, 0) is 54.2 Å². The number of Topliss-reactive ketones (excluding diaryl/α,β-unsaturated/α-hetero) is 1. The number of allylic oxidation sites excluding steroid dienone is 1. The lowest BCUT2D eigenvalue weighted by Crippen LogP contribution is -2.39. The fourth-order valence-corrected chi connectivity index (χ4v) is 5.43. The zero-order valence-corrected chi connectivity index (χ0v) is 21.5. The van der Waals surface area contributed by atoms with Gasteiger partial charge in [-0.1, -0.05) is 54.6 Å². The first-order chi connectivity index (χ1) is 18.3. The van der Waals surface area contributed by atoms with Gasteiger partial charge < -0.3 is 20.1 Å². The summed E-state index contributed by atoms with van der Waals surface area (Å²) in [5.41, 5.74) is 5.63. The number of carbonyl (C=O) groups is 3. The summed E-state index contributed by atoms with van der Waals surface area (Å²) in [7, 11) is 3.99. The van der Waals surface area contributed by atoms with Gasteiger partial charge in [0.1, 0.15) is 0 Å². The number of fused-ring (bicyclic) bond motifs is 1. The zero-order valence-electron chi connectivity index (χ0n) is 21.5. The minimum absolute atomic E-state index is 0.00566. The van der Waals surface area contributed by atoms with E-state index >= 15 is 0 Å². The van der Waals surface area contributed by atoms with Crippen molar-refractivity contribution in [1.29, 1.82) is 0 Å². The summed E-state index contributed by atoms with van der Waals surface area (Å²) in [6, 6.07) is 24.5. The highest BCUT2D eigenvalue weighted by Crippen LogP contribution is 2.47. The van der Waals surface area contributed by atoms with Crippen LogP contribution in [0.1, 0.15) is 48.8 Å². The normalized spacial score (nSPS) is 18.7. The number of rotatable bonds is 6. The number of nitrogens with one attached hydrogen (secondary N) is 1. The number of carbonyl (C=O) groups excluding carboxylic acids is 3. The maximum Gasteiger partial charge on any atom is 0.228 e. The van der Waals surface area contributed by atoms with Gasteiger partial charge in [0.25, 0.3) is 0 Å². The van der Waals surface area contributed by atoms with Crippen molar-refractivity contribution in [2.75, 3.05) is 29.2 Å². The van der Waals surface area contributed by atoms with Gasteiger partial charge in [0.2, 0.25) is 5.91 Å². The minimum Gasteiger partial charge on any atom is -0.550 e. The molecule has 7 heteroatoms. The molecule has 1 aliphatic carbocycles. The highest BCUT2D eigenvalue weighted by atomic mass is 16.4. The number of ketones is 1. The van der Waals surface area contributed by atoms with Crippen molar-refractivity contribution in [1.82, 2.24) is 0 Å². The lowest BCUT2D eigenvalue weighted by atomic mass is 9.78. The summed E-state index contributed by atoms with van der Waals surface area (Å²) in [6.45, 7) is 0. The van der Waals surface area contributed by atoms with Crippen LogP contribution in [-0.4, -0.2) is 31.8 Å². The molecule has 0 radical (unpaired) electrons. The van der Waals surface area contributed by atoms with E-state index in [1.807, 2.05) is 73.6 Å². The first-order valence-corrected chi connectivity index (χ1v) is 12.8. The largest absolute Gasteiger partial charge is 0.550 e. The molecule has 1 amide bonds. The van der Waals surface area contributed by atoms with Crippen LogP contribution < -0.4 is 20.2 Å². The van der Waals surface area contributed by atoms with Crippen molar-refractivity contribution in [3.63, 3.8) is 0 Å². The predicted octanol–water partition coefficient (Wildman–Crippen LogP) is 4.18. The van der Waals surface area contributed by atoms with E-state index in [1.54, 1.807) is 4.90 Å². The zero-order chi connectivity index (χ0) is 26.8. The van der Waals surface area contributed by atoms with Crippen molar-refractivity contribution in [3.8, 4) is 0 Å². The summed E-state index contributed by atoms with van der Waals surface area (Å²) >= 11 is 0. The van der Waals surface area contributed by atoms with E-state index in [0.717, 1.165) is 22.5 Å². The average Bonchev–Trinajstić information content (AvgIpc) is 3.07. The third-order valence-corrected chi connectivity index (χ3v) is 7.30. The first kappa shape index (κ1) is 25.3. The number of para-hydroxylation sites is 2. The lowest BCUT2D eigenvalue weighted by molar-refractivity contribution is -0.305. The number of carboxylic acids is 1. The molecule has 1 heterocycles. The highest BCUT2D eigenvalue weighted by molar-refractivity contribution is 6.06. The topological polar surface area (TPSA) is 92.8 Å². The van der Waals surface area contributed by atoms with E-state index in [2.05, 4.69) is 29.6 Å². The van der Waals surface area contributed by atoms with Gasteiger partial charge in [0, 0.05) is 49.9 Å². The number of amides is 1. The maximum atomic E-state index is 14.0. The number of benzene rings is 3. The monoisotopic (exact) mass is 508 g/mol. The molecule has 194 valence electrons. The molecule has 0 unspecified atom stereocenters. The Morgan fingerprint density at radius 2 is 1.58 bits per heavy atom. The third-order valence-electron chi connectivity index (χ3n) is 7.30. The number of hydrogen-bond donors (Lipinski definition) is 1. The van der Waals surface area contributed by atoms with Gasteiger partial charge >= 0.3 is 0 Å². The van der Waals surface area contributed by atoms with Crippen LogP contribution in [-0.2, 0) is 14.4 Å². The molecule has 3 aromatic carbocycles. The molecule has 0 saturated carbocycles. The second-order valence-electron chi connectivity index (χ2n) is 10.00. The van der Waals surface area contributed by atoms with Crippen LogP contribution in [0.3, 0.4) is 0 Å². The third kappa shape index (κ3) is 4.92. The van der Waals surface area contributed by atoms with Gasteiger partial charge in [0.15, 0.2) is 5.78 Å². The summed E-state index contributed by atoms with van der Waals surface area (Å²) in [5, 5.41) is 14.7. The second kappa shape index (κ2) is 10.5.